The first-order valence-corrected chi connectivity index (χ1v) is 6.30. The first-order chi connectivity index (χ1) is 6.86. The lowest BCUT2D eigenvalue weighted by atomic mass is 10.1. The number of aliphatic hydroxyl groups is 1. The summed E-state index contributed by atoms with van der Waals surface area (Å²) in [5.41, 5.74) is 0. The van der Waals surface area contributed by atoms with Gasteiger partial charge in [-0.1, -0.05) is 25.7 Å². The van der Waals surface area contributed by atoms with Crippen molar-refractivity contribution in [2.45, 2.75) is 76.0 Å². The van der Waals surface area contributed by atoms with Gasteiger partial charge in [0.2, 0.25) is 0 Å². The smallest absolute Gasteiger partial charge is 0.0693 e. The molecule has 2 N–H and O–H groups in total. The fourth-order valence-electron chi connectivity index (χ4n) is 2.88. The first-order valence-electron chi connectivity index (χ1n) is 6.30. The maximum Gasteiger partial charge on any atom is 0.0693 e. The van der Waals surface area contributed by atoms with Crippen molar-refractivity contribution in [3.8, 4) is 0 Å². The Kier molecular flexibility index (Phi) is 3.82. The third-order valence-electron chi connectivity index (χ3n) is 3.78. The minimum atomic E-state index is -0.0711. The summed E-state index contributed by atoms with van der Waals surface area (Å²) in [4.78, 5) is 0. The van der Waals surface area contributed by atoms with Gasteiger partial charge in [0.1, 0.15) is 0 Å². The monoisotopic (exact) mass is 197 g/mol. The van der Waals surface area contributed by atoms with Crippen LogP contribution in [0.15, 0.2) is 0 Å². The van der Waals surface area contributed by atoms with Crippen LogP contribution < -0.4 is 5.32 Å². The number of aliphatic hydroxyl groups excluding tert-OH is 1. The highest BCUT2D eigenvalue weighted by molar-refractivity contribution is 4.86. The van der Waals surface area contributed by atoms with E-state index in [0.29, 0.717) is 12.1 Å². The molecule has 14 heavy (non-hydrogen) atoms. The Labute approximate surface area is 87.1 Å². The van der Waals surface area contributed by atoms with Crippen molar-refractivity contribution in [2.75, 3.05) is 0 Å². The van der Waals surface area contributed by atoms with Crippen molar-refractivity contribution < 1.29 is 5.11 Å². The molecule has 2 aliphatic rings. The van der Waals surface area contributed by atoms with E-state index < -0.39 is 0 Å². The summed E-state index contributed by atoms with van der Waals surface area (Å²) in [6, 6.07) is 1.09. The van der Waals surface area contributed by atoms with Crippen LogP contribution in [0.3, 0.4) is 0 Å². The van der Waals surface area contributed by atoms with Crippen molar-refractivity contribution in [2.24, 2.45) is 0 Å². The zero-order valence-corrected chi connectivity index (χ0v) is 9.04. The lowest BCUT2D eigenvalue weighted by molar-refractivity contribution is 0.141. The predicted molar refractivity (Wildman–Crippen MR) is 58.3 cm³/mol. The van der Waals surface area contributed by atoms with Crippen LogP contribution in [0.2, 0.25) is 0 Å². The minimum absolute atomic E-state index is 0.0711. The largest absolute Gasteiger partial charge is 0.392 e. The molecule has 0 heterocycles. The normalized spacial score (nSPS) is 35.8. The molecule has 2 saturated carbocycles. The highest BCUT2D eigenvalue weighted by Gasteiger charge is 2.27. The summed E-state index contributed by atoms with van der Waals surface area (Å²) in [6.45, 7) is 0. The van der Waals surface area contributed by atoms with Crippen LogP contribution in [0, 0.1) is 0 Å². The average Bonchev–Trinajstić information content (AvgIpc) is 2.44. The van der Waals surface area contributed by atoms with E-state index in [1.165, 1.54) is 51.4 Å². The lowest BCUT2D eigenvalue weighted by Gasteiger charge is -2.23. The van der Waals surface area contributed by atoms with Gasteiger partial charge in [-0.3, -0.25) is 0 Å². The number of hydrogen-bond donors (Lipinski definition) is 2. The summed E-state index contributed by atoms with van der Waals surface area (Å²) in [5, 5.41) is 13.4. The Morgan fingerprint density at radius 2 is 1.50 bits per heavy atom. The molecule has 0 spiro atoms. The zero-order valence-electron chi connectivity index (χ0n) is 9.04. The van der Waals surface area contributed by atoms with Crippen LogP contribution in [0.25, 0.3) is 0 Å². The molecule has 2 heteroatoms. The molecule has 0 aromatic rings. The van der Waals surface area contributed by atoms with E-state index in [1.54, 1.807) is 0 Å². The minimum Gasteiger partial charge on any atom is -0.392 e. The molecule has 0 saturated heterocycles. The lowest BCUT2D eigenvalue weighted by Crippen LogP contribution is -2.42. The second-order valence-electron chi connectivity index (χ2n) is 4.96. The van der Waals surface area contributed by atoms with Gasteiger partial charge in [0.25, 0.3) is 0 Å². The van der Waals surface area contributed by atoms with Crippen molar-refractivity contribution in [1.29, 1.82) is 0 Å². The Bertz CT molecular complexity index is 164. The van der Waals surface area contributed by atoms with Crippen molar-refractivity contribution in [3.63, 3.8) is 0 Å². The van der Waals surface area contributed by atoms with Crippen LogP contribution in [0.4, 0.5) is 0 Å². The van der Waals surface area contributed by atoms with Crippen LogP contribution in [0.5, 0.6) is 0 Å². The van der Waals surface area contributed by atoms with Gasteiger partial charge < -0.3 is 10.4 Å². The Morgan fingerprint density at radius 3 is 2.07 bits per heavy atom. The third-order valence-corrected chi connectivity index (χ3v) is 3.78. The maximum absolute atomic E-state index is 9.73. The molecule has 82 valence electrons. The Balaban J connectivity index is 1.77. The molecular formula is C12H23NO. The third kappa shape index (κ3) is 2.71. The van der Waals surface area contributed by atoms with Gasteiger partial charge in [0.15, 0.2) is 0 Å². The highest BCUT2D eigenvalue weighted by atomic mass is 16.3. The quantitative estimate of drug-likeness (QED) is 0.665. The molecule has 2 aliphatic carbocycles. The van der Waals surface area contributed by atoms with E-state index in [0.717, 1.165) is 6.42 Å². The second kappa shape index (κ2) is 5.13. The molecule has 2 rings (SSSR count). The van der Waals surface area contributed by atoms with E-state index in [2.05, 4.69) is 5.32 Å². The topological polar surface area (TPSA) is 32.3 Å². The molecule has 0 unspecified atom stereocenters. The number of hydrogen-bond acceptors (Lipinski definition) is 2. The number of rotatable bonds is 2. The van der Waals surface area contributed by atoms with E-state index in [-0.39, 0.29) is 6.10 Å². The van der Waals surface area contributed by atoms with Crippen molar-refractivity contribution >= 4 is 0 Å². The van der Waals surface area contributed by atoms with Crippen LogP contribution in [-0.2, 0) is 0 Å². The predicted octanol–water partition coefficient (Wildman–Crippen LogP) is 2.21. The summed E-state index contributed by atoms with van der Waals surface area (Å²) < 4.78 is 0. The van der Waals surface area contributed by atoms with Crippen LogP contribution in [0.1, 0.15) is 57.8 Å². The molecule has 0 bridgehead atoms. The molecule has 0 aliphatic heterocycles. The van der Waals surface area contributed by atoms with Crippen LogP contribution >= 0.6 is 0 Å². The maximum atomic E-state index is 9.73. The Hall–Kier alpha value is -0.0800. The average molecular weight is 197 g/mol. The van der Waals surface area contributed by atoms with Gasteiger partial charge in [-0.15, -0.1) is 0 Å². The molecule has 0 amide bonds. The first kappa shape index (κ1) is 10.4. The molecule has 0 radical (unpaired) electrons. The molecule has 0 aromatic carbocycles. The summed E-state index contributed by atoms with van der Waals surface area (Å²) in [7, 11) is 0. The second-order valence-corrected chi connectivity index (χ2v) is 4.96. The van der Waals surface area contributed by atoms with Gasteiger partial charge in [0, 0.05) is 12.1 Å². The summed E-state index contributed by atoms with van der Waals surface area (Å²) in [6.07, 6.45) is 11.5. The van der Waals surface area contributed by atoms with E-state index in [4.69, 9.17) is 0 Å². The van der Waals surface area contributed by atoms with Crippen molar-refractivity contribution in [1.82, 2.24) is 5.32 Å². The van der Waals surface area contributed by atoms with Gasteiger partial charge in [-0.2, -0.15) is 0 Å². The van der Waals surface area contributed by atoms with Gasteiger partial charge in [-0.05, 0) is 32.1 Å². The number of nitrogens with one attached hydrogen (secondary N) is 1. The SMILES string of the molecule is O[C@@H]1CCC[C@H]1NC1CCCCCC1. The molecule has 2 atom stereocenters. The van der Waals surface area contributed by atoms with Gasteiger partial charge in [0.05, 0.1) is 6.10 Å². The fourth-order valence-corrected chi connectivity index (χ4v) is 2.88. The summed E-state index contributed by atoms with van der Waals surface area (Å²) >= 11 is 0. The Morgan fingerprint density at radius 1 is 0.786 bits per heavy atom. The van der Waals surface area contributed by atoms with Gasteiger partial charge in [-0.25, -0.2) is 0 Å². The standard InChI is InChI=1S/C12H23NO/c14-12-9-5-8-11(12)13-10-6-3-1-2-4-7-10/h10-14H,1-9H2/t11-,12-/m1/s1. The molecule has 0 aromatic heterocycles. The molecular weight excluding hydrogens is 174 g/mol. The molecule has 2 nitrogen and oxygen atoms in total. The zero-order chi connectivity index (χ0) is 9.80. The fraction of sp³-hybridized carbons (Fsp3) is 1.00. The van der Waals surface area contributed by atoms with E-state index in [9.17, 15) is 5.11 Å². The van der Waals surface area contributed by atoms with Crippen LogP contribution in [-0.4, -0.2) is 23.3 Å². The molecule has 2 fully saturated rings. The van der Waals surface area contributed by atoms with E-state index in [1.807, 2.05) is 0 Å². The van der Waals surface area contributed by atoms with Gasteiger partial charge >= 0.3 is 0 Å². The van der Waals surface area contributed by atoms with E-state index >= 15 is 0 Å². The van der Waals surface area contributed by atoms with Crippen molar-refractivity contribution in [3.05, 3.63) is 0 Å². The summed E-state index contributed by atoms with van der Waals surface area (Å²) in [5.74, 6) is 0. The highest BCUT2D eigenvalue weighted by Crippen LogP contribution is 2.23.